The van der Waals surface area contributed by atoms with Gasteiger partial charge in [0.25, 0.3) is 0 Å². The third-order valence-corrected chi connectivity index (χ3v) is 3.92. The molecule has 2 bridgehead atoms. The van der Waals surface area contributed by atoms with Gasteiger partial charge in [0.15, 0.2) is 0 Å². The Hall–Kier alpha value is 0.0649. The fourth-order valence-electron chi connectivity index (χ4n) is 3.51. The highest BCUT2D eigenvalue weighted by Gasteiger charge is 2.32. The van der Waals surface area contributed by atoms with Gasteiger partial charge in [0.05, 0.1) is 0 Å². The van der Waals surface area contributed by atoms with Gasteiger partial charge < -0.3 is 0 Å². The molecule has 12 heavy (non-hydrogen) atoms. The van der Waals surface area contributed by atoms with Crippen LogP contribution in [0.15, 0.2) is 0 Å². The zero-order valence-corrected chi connectivity index (χ0v) is 8.39. The van der Waals surface area contributed by atoms with E-state index in [4.69, 9.17) is 0 Å². The number of rotatable bonds is 2. The smallest absolute Gasteiger partial charge is 0.0744 e. The summed E-state index contributed by atoms with van der Waals surface area (Å²) in [5, 5.41) is 0. The zero-order chi connectivity index (χ0) is 8.39. The maximum atomic E-state index is 2.34. The van der Waals surface area contributed by atoms with Crippen LogP contribution in [0.2, 0.25) is 19.0 Å². The Morgan fingerprint density at radius 2 is 1.83 bits per heavy atom. The fraction of sp³-hybridized carbons (Fsp3) is 1.00. The van der Waals surface area contributed by atoms with Crippen LogP contribution in [0.1, 0.15) is 39.0 Å². The predicted molar refractivity (Wildman–Crippen MR) is 55.9 cm³/mol. The number of hydrogen-bond donors (Lipinski definition) is 0. The van der Waals surface area contributed by atoms with Gasteiger partial charge in [-0.15, -0.1) is 0 Å². The van der Waals surface area contributed by atoms with E-state index in [9.17, 15) is 0 Å². The number of hydrogen-bond acceptors (Lipinski definition) is 0. The van der Waals surface area contributed by atoms with Gasteiger partial charge in [-0.25, -0.2) is 0 Å². The predicted octanol–water partition coefficient (Wildman–Crippen LogP) is 3.71. The molecular weight excluding hydrogens is 143 g/mol. The van der Waals surface area contributed by atoms with Crippen LogP contribution in [0.5, 0.6) is 0 Å². The molecule has 0 aromatic rings. The van der Waals surface area contributed by atoms with Gasteiger partial charge in [-0.3, -0.25) is 0 Å². The quantitative estimate of drug-likeness (QED) is 0.545. The van der Waals surface area contributed by atoms with Crippen LogP contribution in [0.3, 0.4) is 0 Å². The van der Waals surface area contributed by atoms with E-state index in [-0.39, 0.29) is 0 Å². The van der Waals surface area contributed by atoms with Crippen LogP contribution in [0.4, 0.5) is 0 Å². The summed E-state index contributed by atoms with van der Waals surface area (Å²) in [7, 11) is 0. The Kier molecular flexibility index (Phi) is 2.78. The molecule has 68 valence electrons. The SMILES string of the molecule is CCCB1CC2CCCC(C1)C2. The van der Waals surface area contributed by atoms with Crippen molar-refractivity contribution in [1.29, 1.82) is 0 Å². The first-order valence-electron chi connectivity index (χ1n) is 5.88. The molecule has 0 aromatic carbocycles. The first-order valence-corrected chi connectivity index (χ1v) is 5.88. The molecule has 1 heterocycles. The summed E-state index contributed by atoms with van der Waals surface area (Å²) < 4.78 is 0. The standard InChI is InChI=1S/C11H21B/c1-2-6-12-8-10-4-3-5-11(7-10)9-12/h10-11H,2-9H2,1H3. The van der Waals surface area contributed by atoms with Gasteiger partial charge in [-0.2, -0.15) is 0 Å². The topological polar surface area (TPSA) is 0 Å². The lowest BCUT2D eigenvalue weighted by Gasteiger charge is -2.37. The molecule has 2 aliphatic rings. The van der Waals surface area contributed by atoms with Crippen molar-refractivity contribution >= 4 is 6.71 Å². The van der Waals surface area contributed by atoms with Crippen LogP contribution in [0.25, 0.3) is 0 Å². The van der Waals surface area contributed by atoms with Crippen molar-refractivity contribution in [1.82, 2.24) is 0 Å². The fourth-order valence-corrected chi connectivity index (χ4v) is 3.51. The monoisotopic (exact) mass is 164 g/mol. The summed E-state index contributed by atoms with van der Waals surface area (Å²) in [6.07, 6.45) is 12.3. The minimum absolute atomic E-state index is 1.11. The third-order valence-electron chi connectivity index (χ3n) is 3.92. The summed E-state index contributed by atoms with van der Waals surface area (Å²) in [4.78, 5) is 0. The molecule has 2 atom stereocenters. The molecule has 2 fully saturated rings. The minimum Gasteiger partial charge on any atom is -0.0744 e. The van der Waals surface area contributed by atoms with Crippen molar-refractivity contribution in [2.24, 2.45) is 11.8 Å². The molecule has 0 nitrogen and oxygen atoms in total. The summed E-state index contributed by atoms with van der Waals surface area (Å²) in [6, 6.07) is 0. The molecule has 1 saturated carbocycles. The van der Waals surface area contributed by atoms with Crippen LogP contribution in [-0.2, 0) is 0 Å². The van der Waals surface area contributed by atoms with Crippen molar-refractivity contribution in [3.8, 4) is 0 Å². The van der Waals surface area contributed by atoms with E-state index in [1.54, 1.807) is 31.9 Å². The highest BCUT2D eigenvalue weighted by Crippen LogP contribution is 2.41. The van der Waals surface area contributed by atoms with Gasteiger partial charge in [-0.05, 0) is 18.3 Å². The van der Waals surface area contributed by atoms with Crippen molar-refractivity contribution in [2.75, 3.05) is 0 Å². The van der Waals surface area contributed by atoms with Crippen LogP contribution >= 0.6 is 0 Å². The largest absolute Gasteiger partial charge is 0.140 e. The minimum atomic E-state index is 1.11. The highest BCUT2D eigenvalue weighted by molar-refractivity contribution is 6.59. The summed E-state index contributed by atoms with van der Waals surface area (Å²) in [5.74, 6) is 2.27. The van der Waals surface area contributed by atoms with E-state index in [1.165, 1.54) is 19.2 Å². The average Bonchev–Trinajstić information content (AvgIpc) is 2.04. The second kappa shape index (κ2) is 3.85. The Morgan fingerprint density at radius 3 is 2.42 bits per heavy atom. The number of fused-ring (bicyclic) bond motifs is 2. The van der Waals surface area contributed by atoms with Crippen LogP contribution in [0, 0.1) is 11.8 Å². The van der Waals surface area contributed by atoms with E-state index in [2.05, 4.69) is 6.92 Å². The van der Waals surface area contributed by atoms with Crippen molar-refractivity contribution in [3.05, 3.63) is 0 Å². The second-order valence-corrected chi connectivity index (χ2v) is 5.02. The summed E-state index contributed by atoms with van der Waals surface area (Å²) >= 11 is 0. The Labute approximate surface area is 77.2 Å². The molecule has 0 aromatic heterocycles. The lowest BCUT2D eigenvalue weighted by molar-refractivity contribution is 0.281. The van der Waals surface area contributed by atoms with Crippen molar-refractivity contribution in [3.63, 3.8) is 0 Å². The van der Waals surface area contributed by atoms with Gasteiger partial charge in [0.1, 0.15) is 6.71 Å². The Morgan fingerprint density at radius 1 is 1.17 bits per heavy atom. The molecule has 0 N–H and O–H groups in total. The van der Waals surface area contributed by atoms with E-state index in [0.29, 0.717) is 0 Å². The van der Waals surface area contributed by atoms with Crippen molar-refractivity contribution < 1.29 is 0 Å². The summed E-state index contributed by atoms with van der Waals surface area (Å²) in [5.41, 5.74) is 0. The molecule has 2 rings (SSSR count). The molecule has 1 aliphatic carbocycles. The normalized spacial score (nSPS) is 35.2. The van der Waals surface area contributed by atoms with Crippen LogP contribution in [-0.4, -0.2) is 6.71 Å². The van der Waals surface area contributed by atoms with Gasteiger partial charge in [0, 0.05) is 0 Å². The van der Waals surface area contributed by atoms with E-state index < -0.39 is 0 Å². The Bertz CT molecular complexity index is 132. The first-order chi connectivity index (χ1) is 5.88. The first kappa shape index (κ1) is 8.65. The van der Waals surface area contributed by atoms with Gasteiger partial charge in [0.2, 0.25) is 0 Å². The maximum Gasteiger partial charge on any atom is 0.140 e. The molecule has 0 spiro atoms. The third kappa shape index (κ3) is 1.86. The molecule has 0 amide bonds. The van der Waals surface area contributed by atoms with Gasteiger partial charge in [-0.1, -0.05) is 51.6 Å². The summed E-state index contributed by atoms with van der Waals surface area (Å²) in [6.45, 7) is 3.45. The lowest BCUT2D eigenvalue weighted by Crippen LogP contribution is -2.31. The molecule has 2 unspecified atom stereocenters. The zero-order valence-electron chi connectivity index (χ0n) is 8.39. The van der Waals surface area contributed by atoms with Crippen molar-refractivity contribution in [2.45, 2.75) is 58.0 Å². The second-order valence-electron chi connectivity index (χ2n) is 5.02. The molecular formula is C11H21B. The average molecular weight is 164 g/mol. The molecule has 1 aliphatic heterocycles. The van der Waals surface area contributed by atoms with Gasteiger partial charge >= 0.3 is 0 Å². The highest BCUT2D eigenvalue weighted by atomic mass is 14.3. The molecule has 1 saturated heterocycles. The van der Waals surface area contributed by atoms with E-state index in [0.717, 1.165) is 18.5 Å². The van der Waals surface area contributed by atoms with Crippen LogP contribution < -0.4 is 0 Å². The molecule has 1 heteroatoms. The molecule has 0 radical (unpaired) electrons. The Balaban J connectivity index is 1.87. The lowest BCUT2D eigenvalue weighted by atomic mass is 9.34. The maximum absolute atomic E-state index is 2.34. The van der Waals surface area contributed by atoms with E-state index in [1.807, 2.05) is 0 Å². The van der Waals surface area contributed by atoms with E-state index >= 15 is 0 Å².